The van der Waals surface area contributed by atoms with E-state index >= 15 is 0 Å². The van der Waals surface area contributed by atoms with Crippen LogP contribution in [0.5, 0.6) is 0 Å². The quantitative estimate of drug-likeness (QED) is 0.448. The maximum atomic E-state index is 13.5. The first-order chi connectivity index (χ1) is 18.0. The summed E-state index contributed by atoms with van der Waals surface area (Å²) in [6.07, 6.45) is 8.49. The summed E-state index contributed by atoms with van der Waals surface area (Å²) in [6, 6.07) is 14.6. The van der Waals surface area contributed by atoms with Crippen LogP contribution in [0.2, 0.25) is 0 Å². The first-order valence-corrected chi connectivity index (χ1v) is 12.9. The zero-order valence-electron chi connectivity index (χ0n) is 21.7. The van der Waals surface area contributed by atoms with E-state index in [1.165, 1.54) is 11.1 Å². The number of likely N-dealkylation sites (tertiary alicyclic amines) is 1. The number of aromatic nitrogens is 3. The number of piperidine rings is 1. The molecule has 7 nitrogen and oxygen atoms in total. The van der Waals surface area contributed by atoms with Gasteiger partial charge in [-0.2, -0.15) is 0 Å². The molecule has 7 heteroatoms. The molecule has 1 saturated heterocycles. The summed E-state index contributed by atoms with van der Waals surface area (Å²) in [4.78, 5) is 24.4. The third kappa shape index (κ3) is 4.43. The Kier molecular flexibility index (Phi) is 6.84. The molecule has 1 amide bonds. The Balaban J connectivity index is 0.00000137. The number of benzene rings is 1. The van der Waals surface area contributed by atoms with Crippen molar-refractivity contribution in [3.05, 3.63) is 89.1 Å². The van der Waals surface area contributed by atoms with E-state index in [4.69, 9.17) is 10.1 Å². The van der Waals surface area contributed by atoms with Gasteiger partial charge in [0.2, 0.25) is 0 Å². The Bertz CT molecular complexity index is 1420. The summed E-state index contributed by atoms with van der Waals surface area (Å²) in [7, 11) is 1.00. The molecule has 0 radical (unpaired) electrons. The maximum absolute atomic E-state index is 13.5. The highest BCUT2D eigenvalue weighted by atomic mass is 16.3. The third-order valence-corrected chi connectivity index (χ3v) is 8.02. The van der Waals surface area contributed by atoms with Crippen molar-refractivity contribution >= 4 is 11.6 Å². The first-order valence-electron chi connectivity index (χ1n) is 12.9. The van der Waals surface area contributed by atoms with Crippen molar-refractivity contribution in [3.63, 3.8) is 0 Å². The number of carbonyl (C=O) groups excluding carboxylic acids is 1. The van der Waals surface area contributed by atoms with Crippen molar-refractivity contribution in [1.82, 2.24) is 19.3 Å². The van der Waals surface area contributed by atoms with E-state index in [0.717, 1.165) is 60.8 Å². The highest BCUT2D eigenvalue weighted by Gasteiger charge is 2.47. The molecule has 4 heterocycles. The van der Waals surface area contributed by atoms with Gasteiger partial charge in [0, 0.05) is 61.0 Å². The number of amides is 1. The van der Waals surface area contributed by atoms with Crippen LogP contribution in [-0.4, -0.2) is 61.7 Å². The second-order valence-electron chi connectivity index (χ2n) is 10.1. The Morgan fingerprint density at radius 3 is 2.49 bits per heavy atom. The maximum Gasteiger partial charge on any atom is 0.274 e. The minimum Gasteiger partial charge on any atom is -0.400 e. The fraction of sp³-hybridized carbons (Fsp3) is 0.367. The second-order valence-corrected chi connectivity index (χ2v) is 10.1. The highest BCUT2D eigenvalue weighted by Crippen LogP contribution is 2.44. The van der Waals surface area contributed by atoms with Crippen LogP contribution in [0, 0.1) is 12.3 Å². The van der Waals surface area contributed by atoms with Crippen LogP contribution in [0.25, 0.3) is 16.8 Å². The molecular weight excluding hydrogens is 464 g/mol. The van der Waals surface area contributed by atoms with Crippen LogP contribution in [0.15, 0.2) is 61.1 Å². The van der Waals surface area contributed by atoms with E-state index in [1.807, 2.05) is 29.8 Å². The van der Waals surface area contributed by atoms with Gasteiger partial charge in [-0.1, -0.05) is 37.3 Å². The van der Waals surface area contributed by atoms with E-state index < -0.39 is 6.10 Å². The zero-order chi connectivity index (χ0) is 26.2. The summed E-state index contributed by atoms with van der Waals surface area (Å²) in [6.45, 7) is 5.09. The molecule has 6 rings (SSSR count). The molecule has 1 spiro atoms. The Morgan fingerprint density at radius 2 is 1.84 bits per heavy atom. The lowest BCUT2D eigenvalue weighted by atomic mass is 9.73. The predicted octanol–water partition coefficient (Wildman–Crippen LogP) is 3.87. The van der Waals surface area contributed by atoms with Gasteiger partial charge in [0.1, 0.15) is 11.3 Å². The van der Waals surface area contributed by atoms with Gasteiger partial charge in [0.15, 0.2) is 0 Å². The summed E-state index contributed by atoms with van der Waals surface area (Å²) in [5, 5.41) is 18.2. The molecule has 2 aliphatic rings. The van der Waals surface area contributed by atoms with Crippen molar-refractivity contribution in [2.45, 2.75) is 45.6 Å². The first kappa shape index (κ1) is 25.1. The van der Waals surface area contributed by atoms with Gasteiger partial charge in [0.05, 0.1) is 6.10 Å². The van der Waals surface area contributed by atoms with Crippen LogP contribution in [0.3, 0.4) is 0 Å². The van der Waals surface area contributed by atoms with Crippen LogP contribution in [-0.2, 0) is 19.3 Å². The number of aryl methyl sites for hydroxylation is 2. The number of aliphatic hydroxyl groups excluding tert-OH is 2. The van der Waals surface area contributed by atoms with E-state index in [0.29, 0.717) is 18.8 Å². The minimum atomic E-state index is -0.545. The lowest BCUT2D eigenvalue weighted by Gasteiger charge is -2.43. The molecule has 192 valence electrons. The van der Waals surface area contributed by atoms with Gasteiger partial charge < -0.3 is 19.5 Å². The summed E-state index contributed by atoms with van der Waals surface area (Å²) >= 11 is 0. The summed E-state index contributed by atoms with van der Waals surface area (Å²) in [5.74, 6) is -0.112. The zero-order valence-corrected chi connectivity index (χ0v) is 21.7. The molecule has 1 aliphatic carbocycles. The average Bonchev–Trinajstić information content (AvgIpc) is 3.53. The number of imidazole rings is 1. The van der Waals surface area contributed by atoms with Crippen molar-refractivity contribution in [1.29, 1.82) is 0 Å². The number of pyridine rings is 2. The molecule has 1 fully saturated rings. The van der Waals surface area contributed by atoms with Crippen molar-refractivity contribution in [2.24, 2.45) is 5.41 Å². The monoisotopic (exact) mass is 498 g/mol. The highest BCUT2D eigenvalue weighted by molar-refractivity contribution is 5.93. The fourth-order valence-corrected chi connectivity index (χ4v) is 5.97. The number of nitrogens with zero attached hydrogens (tertiary/aromatic N) is 4. The number of fused-ring (bicyclic) bond motifs is 2. The molecule has 4 aromatic rings. The van der Waals surface area contributed by atoms with Crippen LogP contribution < -0.4 is 0 Å². The van der Waals surface area contributed by atoms with Gasteiger partial charge in [0.25, 0.3) is 5.91 Å². The molecular formula is C30H34N4O3. The van der Waals surface area contributed by atoms with E-state index in [9.17, 15) is 9.90 Å². The molecule has 1 unspecified atom stereocenters. The van der Waals surface area contributed by atoms with Crippen molar-refractivity contribution in [3.8, 4) is 11.1 Å². The Hall–Kier alpha value is -3.55. The molecule has 1 aliphatic heterocycles. The number of carbonyl (C=O) groups is 1. The second kappa shape index (κ2) is 10.1. The largest absolute Gasteiger partial charge is 0.400 e. The third-order valence-electron chi connectivity index (χ3n) is 8.02. The number of β-amino-alcohol motifs (C(OH)–C–C–N with tert-alkyl or cyclic N) is 1. The minimum absolute atomic E-state index is 0.112. The summed E-state index contributed by atoms with van der Waals surface area (Å²) < 4.78 is 1.96. The fourth-order valence-electron chi connectivity index (χ4n) is 5.97. The Labute approximate surface area is 217 Å². The molecule has 0 bridgehead atoms. The molecule has 0 saturated carbocycles. The SMILES string of the molecule is CCc1cc(-c2cccnc2C)cn2cc(C(=O)N3CCC4(Cc5ccccc5C4)C(O)C3)nc12.CO. The molecule has 1 aromatic carbocycles. The molecule has 37 heavy (non-hydrogen) atoms. The van der Waals surface area contributed by atoms with Gasteiger partial charge in [-0.15, -0.1) is 0 Å². The lowest BCUT2D eigenvalue weighted by molar-refractivity contribution is -0.0334. The molecule has 1 atom stereocenters. The normalized spacial score (nSPS) is 18.0. The molecule has 3 aromatic heterocycles. The topological polar surface area (TPSA) is 91.0 Å². The van der Waals surface area contributed by atoms with E-state index in [2.05, 4.69) is 48.3 Å². The van der Waals surface area contributed by atoms with Gasteiger partial charge in [-0.05, 0) is 61.4 Å². The van der Waals surface area contributed by atoms with Crippen LogP contribution >= 0.6 is 0 Å². The van der Waals surface area contributed by atoms with Crippen molar-refractivity contribution < 1.29 is 15.0 Å². The number of rotatable bonds is 3. The summed E-state index contributed by atoms with van der Waals surface area (Å²) in [5.41, 5.74) is 7.93. The Morgan fingerprint density at radius 1 is 1.11 bits per heavy atom. The number of hydrogen-bond acceptors (Lipinski definition) is 5. The molecule has 2 N–H and O–H groups in total. The van der Waals surface area contributed by atoms with Crippen molar-refractivity contribution in [2.75, 3.05) is 20.2 Å². The number of hydrogen-bond donors (Lipinski definition) is 2. The van der Waals surface area contributed by atoms with Crippen LogP contribution in [0.4, 0.5) is 0 Å². The average molecular weight is 499 g/mol. The van der Waals surface area contributed by atoms with Gasteiger partial charge in [-0.25, -0.2) is 4.98 Å². The van der Waals surface area contributed by atoms with Gasteiger partial charge >= 0.3 is 0 Å². The predicted molar refractivity (Wildman–Crippen MR) is 143 cm³/mol. The van der Waals surface area contributed by atoms with Gasteiger partial charge in [-0.3, -0.25) is 9.78 Å². The van der Waals surface area contributed by atoms with Crippen LogP contribution in [0.1, 0.15) is 46.2 Å². The smallest absolute Gasteiger partial charge is 0.274 e. The lowest BCUT2D eigenvalue weighted by Crippen LogP contribution is -2.53. The van der Waals surface area contributed by atoms with E-state index in [1.54, 1.807) is 11.1 Å². The number of aliphatic hydroxyl groups is 2. The standard InChI is InChI=1S/C29H30N4O2.CH4O/c1-3-20-13-23(24-9-6-11-30-19(24)2)16-33-17-25(31-27(20)33)28(35)32-12-10-29(26(34)18-32)14-21-7-4-5-8-22(21)15-29;1-2/h4-9,11,13,16-17,26,34H,3,10,12,14-15,18H2,1-2H3;2H,1H3. The van der Waals surface area contributed by atoms with E-state index in [-0.39, 0.29) is 11.3 Å².